The number of carbonyl (C=O) groups is 4. The van der Waals surface area contributed by atoms with Gasteiger partial charge in [0.1, 0.15) is 11.5 Å². The van der Waals surface area contributed by atoms with Crippen molar-refractivity contribution in [2.24, 2.45) is 0 Å². The number of halogens is 5. The van der Waals surface area contributed by atoms with Crippen LogP contribution in [0.1, 0.15) is 25.0 Å². The van der Waals surface area contributed by atoms with E-state index in [2.05, 4.69) is 26.6 Å². The summed E-state index contributed by atoms with van der Waals surface area (Å²) in [5, 5.41) is 5.98. The van der Waals surface area contributed by atoms with Gasteiger partial charge in [-0.3, -0.25) is 19.2 Å². The number of hydrogen-bond donors (Lipinski definition) is 2. The Labute approximate surface area is 327 Å². The van der Waals surface area contributed by atoms with Crippen molar-refractivity contribution in [3.63, 3.8) is 0 Å². The minimum Gasteiger partial charge on any atom is -0.454 e. The molecule has 9 nitrogen and oxygen atoms in total. The highest BCUT2D eigenvalue weighted by Gasteiger charge is 2.19. The quantitative estimate of drug-likeness (QED) is 0.100. The average molecular weight is 845 g/mol. The third kappa shape index (κ3) is 10.3. The van der Waals surface area contributed by atoms with E-state index in [4.69, 9.17) is 60.6 Å². The molecule has 2 amide bonds. The lowest BCUT2D eigenvalue weighted by molar-refractivity contribution is -0.158. The van der Waals surface area contributed by atoms with Crippen molar-refractivity contribution < 1.29 is 33.4 Å². The molecule has 0 aromatic heterocycles. The summed E-state index contributed by atoms with van der Waals surface area (Å²) in [5.74, 6) is -1.03. The Kier molecular flexibility index (Phi) is 12.9. The lowest BCUT2D eigenvalue weighted by atomic mass is 10.0. The van der Waals surface area contributed by atoms with Gasteiger partial charge in [0, 0.05) is 29.6 Å². The van der Waals surface area contributed by atoms with Gasteiger partial charge < -0.3 is 24.8 Å². The highest BCUT2D eigenvalue weighted by atomic mass is 79.9. The molecule has 0 heterocycles. The van der Waals surface area contributed by atoms with Crippen molar-refractivity contribution in [1.29, 1.82) is 0 Å². The topological polar surface area (TPSA) is 120 Å². The molecule has 5 rings (SSSR count). The van der Waals surface area contributed by atoms with E-state index in [0.717, 1.165) is 11.1 Å². The van der Waals surface area contributed by atoms with Crippen LogP contribution in [-0.2, 0) is 36.8 Å². The van der Waals surface area contributed by atoms with Crippen molar-refractivity contribution in [2.45, 2.75) is 26.7 Å². The molecule has 0 aliphatic carbocycles. The summed E-state index contributed by atoms with van der Waals surface area (Å²) in [6, 6.07) is 25.4. The zero-order valence-electron chi connectivity index (χ0n) is 27.3. The standard InChI is InChI=1S/C38H27BrCl4N2O7/c1-20(46)44-33-10-8-25(18-27(33)24-6-4-3-5-7-24)50-37-29(40)12-22(13-30(37)41)16-35(48)52-36(49)17-23-14-31(42)38(32(43)15-23)51-26-9-11-34(28(39)19-26)45-21(2)47/h3-15,18-19H,16-17H2,1-2H3,(H,44,46)(H,45,47). The molecule has 0 saturated heterocycles. The maximum absolute atomic E-state index is 12.7. The van der Waals surface area contributed by atoms with Gasteiger partial charge in [-0.1, -0.05) is 76.7 Å². The molecule has 0 aliphatic rings. The average Bonchev–Trinajstić information content (AvgIpc) is 3.06. The minimum absolute atomic E-state index is 0.121. The van der Waals surface area contributed by atoms with Crippen LogP contribution in [0, 0.1) is 0 Å². The van der Waals surface area contributed by atoms with Gasteiger partial charge in [0.2, 0.25) is 11.8 Å². The Bertz CT molecular complexity index is 2150. The molecule has 2 N–H and O–H groups in total. The molecule has 5 aromatic carbocycles. The van der Waals surface area contributed by atoms with Crippen LogP contribution in [-0.4, -0.2) is 23.8 Å². The fourth-order valence-corrected chi connectivity index (χ4v) is 6.66. The van der Waals surface area contributed by atoms with E-state index in [-0.39, 0.29) is 56.2 Å². The van der Waals surface area contributed by atoms with E-state index in [1.165, 1.54) is 38.1 Å². The molecule has 0 saturated carbocycles. The van der Waals surface area contributed by atoms with Gasteiger partial charge in [-0.25, -0.2) is 0 Å². The smallest absolute Gasteiger partial charge is 0.317 e. The number of benzene rings is 5. The first-order chi connectivity index (χ1) is 24.7. The van der Waals surface area contributed by atoms with Gasteiger partial charge in [0.05, 0.1) is 38.6 Å². The molecule has 0 atom stereocenters. The highest BCUT2D eigenvalue weighted by Crippen LogP contribution is 2.41. The normalized spacial score (nSPS) is 10.7. The van der Waals surface area contributed by atoms with E-state index in [1.54, 1.807) is 36.4 Å². The Morgan fingerprint density at radius 1 is 0.596 bits per heavy atom. The van der Waals surface area contributed by atoms with Crippen LogP contribution < -0.4 is 20.1 Å². The van der Waals surface area contributed by atoms with Crippen LogP contribution in [0.25, 0.3) is 11.1 Å². The van der Waals surface area contributed by atoms with Crippen molar-refractivity contribution in [3.8, 4) is 34.1 Å². The van der Waals surface area contributed by atoms with Crippen molar-refractivity contribution in [1.82, 2.24) is 0 Å². The van der Waals surface area contributed by atoms with Gasteiger partial charge in [0.15, 0.2) is 11.5 Å². The Morgan fingerprint density at radius 2 is 1.04 bits per heavy atom. The van der Waals surface area contributed by atoms with Crippen LogP contribution in [0.5, 0.6) is 23.0 Å². The summed E-state index contributed by atoms with van der Waals surface area (Å²) in [4.78, 5) is 48.5. The van der Waals surface area contributed by atoms with Gasteiger partial charge in [-0.05, 0) is 93.3 Å². The van der Waals surface area contributed by atoms with Gasteiger partial charge in [-0.15, -0.1) is 0 Å². The van der Waals surface area contributed by atoms with Crippen molar-refractivity contribution >= 4 is 97.5 Å². The van der Waals surface area contributed by atoms with E-state index in [0.29, 0.717) is 38.5 Å². The third-order valence-electron chi connectivity index (χ3n) is 7.12. The maximum atomic E-state index is 12.7. The zero-order chi connectivity index (χ0) is 37.5. The monoisotopic (exact) mass is 842 g/mol. The maximum Gasteiger partial charge on any atom is 0.317 e. The summed E-state index contributed by atoms with van der Waals surface area (Å²) in [6.45, 7) is 2.82. The summed E-state index contributed by atoms with van der Waals surface area (Å²) < 4.78 is 17.5. The molecule has 0 radical (unpaired) electrons. The minimum atomic E-state index is -0.836. The second kappa shape index (κ2) is 17.3. The fraction of sp³-hybridized carbons (Fsp3) is 0.105. The number of carbonyl (C=O) groups excluding carboxylic acids is 4. The SMILES string of the molecule is CC(=O)Nc1ccc(Oc2c(Cl)cc(CC(=O)OC(=O)Cc3cc(Cl)c(Oc4ccc(NC(C)=O)c(-c5ccccc5)c4)c(Cl)c3)cc2Cl)cc1Br. The van der Waals surface area contributed by atoms with E-state index in [9.17, 15) is 19.2 Å². The molecule has 0 bridgehead atoms. The lowest BCUT2D eigenvalue weighted by Crippen LogP contribution is -2.16. The third-order valence-corrected chi connectivity index (χ3v) is 8.90. The second-order valence-corrected chi connectivity index (χ2v) is 13.7. The van der Waals surface area contributed by atoms with Crippen LogP contribution >= 0.6 is 62.3 Å². The van der Waals surface area contributed by atoms with Crippen LogP contribution in [0.3, 0.4) is 0 Å². The first kappa shape index (κ1) is 38.6. The Balaban J connectivity index is 1.21. The molecule has 0 fully saturated rings. The first-order valence-electron chi connectivity index (χ1n) is 15.3. The molecule has 14 heteroatoms. The molecule has 0 aliphatic heterocycles. The predicted octanol–water partition coefficient (Wildman–Crippen LogP) is 11.1. The lowest BCUT2D eigenvalue weighted by Gasteiger charge is -2.15. The molecule has 0 spiro atoms. The van der Waals surface area contributed by atoms with Crippen molar-refractivity contribution in [3.05, 3.63) is 127 Å². The fourth-order valence-electron chi connectivity index (χ4n) is 4.98. The summed E-state index contributed by atoms with van der Waals surface area (Å²) in [6.07, 6.45) is -0.609. The number of hydrogen-bond acceptors (Lipinski definition) is 7. The summed E-state index contributed by atoms with van der Waals surface area (Å²) in [7, 11) is 0. The molecular weight excluding hydrogens is 818 g/mol. The van der Waals surface area contributed by atoms with E-state index < -0.39 is 11.9 Å². The first-order valence-corrected chi connectivity index (χ1v) is 17.7. The predicted molar refractivity (Wildman–Crippen MR) is 206 cm³/mol. The summed E-state index contributed by atoms with van der Waals surface area (Å²) >= 11 is 29.3. The molecule has 266 valence electrons. The molecule has 52 heavy (non-hydrogen) atoms. The van der Waals surface area contributed by atoms with Crippen LogP contribution in [0.15, 0.2) is 95.5 Å². The number of rotatable bonds is 11. The number of amides is 2. The Hall–Kier alpha value is -4.58. The van der Waals surface area contributed by atoms with E-state index >= 15 is 0 Å². The Morgan fingerprint density at radius 3 is 1.50 bits per heavy atom. The van der Waals surface area contributed by atoms with Gasteiger partial charge in [-0.2, -0.15) is 0 Å². The van der Waals surface area contributed by atoms with Crippen LogP contribution in [0.2, 0.25) is 20.1 Å². The van der Waals surface area contributed by atoms with Crippen LogP contribution in [0.4, 0.5) is 11.4 Å². The number of esters is 2. The van der Waals surface area contributed by atoms with Gasteiger partial charge in [0.25, 0.3) is 0 Å². The number of anilines is 2. The van der Waals surface area contributed by atoms with Gasteiger partial charge >= 0.3 is 11.9 Å². The number of nitrogens with one attached hydrogen (secondary N) is 2. The molecular formula is C38H27BrCl4N2O7. The number of ether oxygens (including phenoxy) is 3. The largest absolute Gasteiger partial charge is 0.454 e. The van der Waals surface area contributed by atoms with E-state index in [1.807, 2.05) is 30.3 Å². The summed E-state index contributed by atoms with van der Waals surface area (Å²) in [5.41, 5.74) is 3.49. The zero-order valence-corrected chi connectivity index (χ0v) is 31.9. The molecule has 5 aromatic rings. The second-order valence-electron chi connectivity index (χ2n) is 11.3. The van der Waals surface area contributed by atoms with Crippen molar-refractivity contribution in [2.75, 3.05) is 10.6 Å². The highest BCUT2D eigenvalue weighted by molar-refractivity contribution is 9.10. The molecule has 0 unspecified atom stereocenters.